The lowest BCUT2D eigenvalue weighted by Gasteiger charge is -2.10. The van der Waals surface area contributed by atoms with Crippen LogP contribution in [0.25, 0.3) is 0 Å². The molecule has 0 aliphatic heterocycles. The van der Waals surface area contributed by atoms with Crippen molar-refractivity contribution in [3.05, 3.63) is 78.5 Å². The van der Waals surface area contributed by atoms with Gasteiger partial charge in [0.15, 0.2) is 0 Å². The number of nitrogens with zero attached hydrogens (tertiary/aromatic N) is 1. The summed E-state index contributed by atoms with van der Waals surface area (Å²) in [6.07, 6.45) is 1.62. The fraction of sp³-hybridized carbons (Fsp3) is 0.182. The normalized spacial score (nSPS) is 10.5. The van der Waals surface area contributed by atoms with Gasteiger partial charge >= 0.3 is 0 Å². The van der Waals surface area contributed by atoms with Crippen LogP contribution in [0.5, 0.6) is 11.5 Å². The summed E-state index contributed by atoms with van der Waals surface area (Å²) in [4.78, 5) is 16.5. The van der Waals surface area contributed by atoms with Crippen molar-refractivity contribution in [2.45, 2.75) is 13.8 Å². The number of pyridine rings is 1. The molecule has 0 fully saturated rings. The standard InChI is InChI=1S/C22H23N3O2/c1-16(2)15-24-22(26)17-12-13-23-21(14-17)25-18-8-10-20(11-9-18)27-19-6-4-3-5-7-19/h3-14,16H,15H2,1-2H3,(H,23,25)(H,24,26). The third kappa shape index (κ3) is 5.57. The van der Waals surface area contributed by atoms with E-state index in [0.717, 1.165) is 17.2 Å². The van der Waals surface area contributed by atoms with Crippen molar-refractivity contribution in [2.75, 3.05) is 11.9 Å². The van der Waals surface area contributed by atoms with E-state index < -0.39 is 0 Å². The lowest BCUT2D eigenvalue weighted by atomic mass is 10.2. The molecule has 0 radical (unpaired) electrons. The molecule has 2 aromatic carbocycles. The summed E-state index contributed by atoms with van der Waals surface area (Å²) < 4.78 is 5.78. The van der Waals surface area contributed by atoms with E-state index in [-0.39, 0.29) is 5.91 Å². The van der Waals surface area contributed by atoms with Crippen molar-refractivity contribution < 1.29 is 9.53 Å². The number of nitrogens with one attached hydrogen (secondary N) is 2. The number of ether oxygens (including phenoxy) is 1. The highest BCUT2D eigenvalue weighted by atomic mass is 16.5. The van der Waals surface area contributed by atoms with Gasteiger partial charge < -0.3 is 15.4 Å². The first kappa shape index (κ1) is 18.5. The minimum absolute atomic E-state index is 0.0965. The van der Waals surface area contributed by atoms with Crippen LogP contribution in [0.4, 0.5) is 11.5 Å². The van der Waals surface area contributed by atoms with Crippen molar-refractivity contribution >= 4 is 17.4 Å². The van der Waals surface area contributed by atoms with Gasteiger partial charge in [0.1, 0.15) is 17.3 Å². The van der Waals surface area contributed by atoms with Gasteiger partial charge in [0, 0.05) is 24.0 Å². The monoisotopic (exact) mass is 361 g/mol. The number of aromatic nitrogens is 1. The van der Waals surface area contributed by atoms with Crippen LogP contribution in [0.15, 0.2) is 72.9 Å². The van der Waals surface area contributed by atoms with Crippen LogP contribution in [-0.4, -0.2) is 17.4 Å². The molecule has 2 N–H and O–H groups in total. The molecule has 0 unspecified atom stereocenters. The number of hydrogen-bond donors (Lipinski definition) is 2. The Morgan fingerprint density at radius 1 is 1.00 bits per heavy atom. The minimum Gasteiger partial charge on any atom is -0.457 e. The molecule has 0 aliphatic rings. The molecule has 0 aliphatic carbocycles. The zero-order valence-corrected chi connectivity index (χ0v) is 15.5. The summed E-state index contributed by atoms with van der Waals surface area (Å²) in [6, 6.07) is 20.7. The number of hydrogen-bond acceptors (Lipinski definition) is 4. The van der Waals surface area contributed by atoms with Gasteiger partial charge in [0.25, 0.3) is 5.91 Å². The highest BCUT2D eigenvalue weighted by molar-refractivity contribution is 5.94. The molecule has 0 bridgehead atoms. The SMILES string of the molecule is CC(C)CNC(=O)c1ccnc(Nc2ccc(Oc3ccccc3)cc2)c1. The molecular weight excluding hydrogens is 338 g/mol. The Labute approximate surface area is 159 Å². The molecule has 0 atom stereocenters. The largest absolute Gasteiger partial charge is 0.457 e. The molecule has 138 valence electrons. The topological polar surface area (TPSA) is 63.2 Å². The van der Waals surface area contributed by atoms with E-state index in [1.165, 1.54) is 0 Å². The number of para-hydroxylation sites is 1. The number of rotatable bonds is 7. The molecule has 5 heteroatoms. The van der Waals surface area contributed by atoms with Crippen LogP contribution < -0.4 is 15.4 Å². The van der Waals surface area contributed by atoms with Gasteiger partial charge in [-0.05, 0) is 54.4 Å². The Balaban J connectivity index is 1.63. The summed E-state index contributed by atoms with van der Waals surface area (Å²) >= 11 is 0. The maximum absolute atomic E-state index is 12.2. The zero-order valence-electron chi connectivity index (χ0n) is 15.5. The third-order valence-electron chi connectivity index (χ3n) is 3.80. The molecule has 27 heavy (non-hydrogen) atoms. The number of benzene rings is 2. The Kier molecular flexibility index (Phi) is 6.05. The van der Waals surface area contributed by atoms with E-state index in [1.807, 2.05) is 54.6 Å². The average molecular weight is 361 g/mol. The molecule has 0 saturated heterocycles. The molecule has 3 rings (SSSR count). The predicted molar refractivity (Wildman–Crippen MR) is 108 cm³/mol. The summed E-state index contributed by atoms with van der Waals surface area (Å²) in [5, 5.41) is 6.12. The van der Waals surface area contributed by atoms with Gasteiger partial charge in [-0.15, -0.1) is 0 Å². The molecule has 0 spiro atoms. The minimum atomic E-state index is -0.0965. The van der Waals surface area contributed by atoms with E-state index in [0.29, 0.717) is 23.8 Å². The Bertz CT molecular complexity index is 878. The van der Waals surface area contributed by atoms with Gasteiger partial charge in [-0.2, -0.15) is 0 Å². The summed E-state index contributed by atoms with van der Waals surface area (Å²) in [6.45, 7) is 4.77. The van der Waals surface area contributed by atoms with E-state index >= 15 is 0 Å². The molecule has 5 nitrogen and oxygen atoms in total. The number of carbonyl (C=O) groups is 1. The number of amides is 1. The van der Waals surface area contributed by atoms with Gasteiger partial charge in [0.2, 0.25) is 0 Å². The first-order valence-electron chi connectivity index (χ1n) is 8.94. The van der Waals surface area contributed by atoms with Gasteiger partial charge in [0.05, 0.1) is 0 Å². The molecule has 0 saturated carbocycles. The van der Waals surface area contributed by atoms with E-state index in [1.54, 1.807) is 18.3 Å². The Morgan fingerprint density at radius 2 is 1.70 bits per heavy atom. The fourth-order valence-electron chi connectivity index (χ4n) is 2.42. The van der Waals surface area contributed by atoms with Gasteiger partial charge in [-0.25, -0.2) is 4.98 Å². The van der Waals surface area contributed by atoms with Crippen molar-refractivity contribution in [3.8, 4) is 11.5 Å². The van der Waals surface area contributed by atoms with E-state index in [4.69, 9.17) is 4.74 Å². The quantitative estimate of drug-likeness (QED) is 0.621. The Morgan fingerprint density at radius 3 is 2.41 bits per heavy atom. The number of carbonyl (C=O) groups excluding carboxylic acids is 1. The second-order valence-electron chi connectivity index (χ2n) is 6.60. The van der Waals surface area contributed by atoms with Crippen LogP contribution in [-0.2, 0) is 0 Å². The van der Waals surface area contributed by atoms with Crippen LogP contribution >= 0.6 is 0 Å². The Hall–Kier alpha value is -3.34. The predicted octanol–water partition coefficient (Wildman–Crippen LogP) is 5.00. The summed E-state index contributed by atoms with van der Waals surface area (Å²) in [5.74, 6) is 2.47. The maximum atomic E-state index is 12.2. The third-order valence-corrected chi connectivity index (χ3v) is 3.80. The second-order valence-corrected chi connectivity index (χ2v) is 6.60. The molecule has 1 aromatic heterocycles. The van der Waals surface area contributed by atoms with Crippen LogP contribution in [0.3, 0.4) is 0 Å². The first-order valence-corrected chi connectivity index (χ1v) is 8.94. The molecule has 1 amide bonds. The maximum Gasteiger partial charge on any atom is 0.251 e. The van der Waals surface area contributed by atoms with Crippen LogP contribution in [0, 0.1) is 5.92 Å². The highest BCUT2D eigenvalue weighted by Crippen LogP contribution is 2.24. The first-order chi connectivity index (χ1) is 13.1. The molecule has 3 aromatic rings. The summed E-state index contributed by atoms with van der Waals surface area (Å²) in [7, 11) is 0. The van der Waals surface area contributed by atoms with Gasteiger partial charge in [-0.1, -0.05) is 32.0 Å². The van der Waals surface area contributed by atoms with Crippen molar-refractivity contribution in [1.82, 2.24) is 10.3 Å². The highest BCUT2D eigenvalue weighted by Gasteiger charge is 2.07. The molecular formula is C22H23N3O2. The zero-order chi connectivity index (χ0) is 19.1. The number of anilines is 2. The van der Waals surface area contributed by atoms with E-state index in [2.05, 4.69) is 29.5 Å². The summed E-state index contributed by atoms with van der Waals surface area (Å²) in [5.41, 5.74) is 1.44. The van der Waals surface area contributed by atoms with Crippen molar-refractivity contribution in [1.29, 1.82) is 0 Å². The van der Waals surface area contributed by atoms with Crippen molar-refractivity contribution in [3.63, 3.8) is 0 Å². The fourth-order valence-corrected chi connectivity index (χ4v) is 2.42. The van der Waals surface area contributed by atoms with Crippen molar-refractivity contribution in [2.24, 2.45) is 5.92 Å². The van der Waals surface area contributed by atoms with Gasteiger partial charge in [-0.3, -0.25) is 4.79 Å². The second kappa shape index (κ2) is 8.85. The lowest BCUT2D eigenvalue weighted by molar-refractivity contribution is 0.0949. The van der Waals surface area contributed by atoms with E-state index in [9.17, 15) is 4.79 Å². The van der Waals surface area contributed by atoms with Crippen LogP contribution in [0.2, 0.25) is 0 Å². The lowest BCUT2D eigenvalue weighted by Crippen LogP contribution is -2.27. The molecule has 1 heterocycles. The smallest absolute Gasteiger partial charge is 0.251 e. The van der Waals surface area contributed by atoms with Crippen LogP contribution in [0.1, 0.15) is 24.2 Å². The average Bonchev–Trinajstić information content (AvgIpc) is 2.68.